The first kappa shape index (κ1) is 25.1. The van der Waals surface area contributed by atoms with Crippen molar-refractivity contribution in [2.45, 2.75) is 45.9 Å². The van der Waals surface area contributed by atoms with Crippen LogP contribution in [0.4, 0.5) is 0 Å². The van der Waals surface area contributed by atoms with Gasteiger partial charge in [0.1, 0.15) is 11.8 Å². The van der Waals surface area contributed by atoms with E-state index < -0.39 is 42.1 Å². The summed E-state index contributed by atoms with van der Waals surface area (Å²) in [4.78, 5) is 44.3. The molecule has 1 fully saturated rings. The summed E-state index contributed by atoms with van der Waals surface area (Å²) >= 11 is 12.2. The van der Waals surface area contributed by atoms with Crippen molar-refractivity contribution in [1.82, 2.24) is 19.7 Å². The fraction of sp³-hybridized carbons (Fsp3) is 0.600. The zero-order valence-corrected chi connectivity index (χ0v) is 19.8. The Kier molecular flexibility index (Phi) is 8.44. The van der Waals surface area contributed by atoms with Gasteiger partial charge in [-0.15, -0.1) is 0 Å². The van der Waals surface area contributed by atoms with Crippen molar-refractivity contribution in [1.29, 1.82) is 0 Å². The number of nitrogens with zero attached hydrogens (tertiary/aromatic N) is 4. The van der Waals surface area contributed by atoms with E-state index in [1.54, 1.807) is 13.8 Å². The number of hydrogen-bond donors (Lipinski definition) is 0. The first-order chi connectivity index (χ1) is 15.7. The molecule has 3 heterocycles. The molecular formula is C20H24Cl2N4O7. The Hall–Kier alpha value is -2.50. The van der Waals surface area contributed by atoms with E-state index in [0.29, 0.717) is 11.0 Å². The van der Waals surface area contributed by atoms with Crippen LogP contribution in [0.3, 0.4) is 0 Å². The summed E-state index contributed by atoms with van der Waals surface area (Å²) in [5.74, 6) is -2.56. The fourth-order valence-corrected chi connectivity index (χ4v) is 4.30. The van der Waals surface area contributed by atoms with Gasteiger partial charge in [-0.25, -0.2) is 9.67 Å². The van der Waals surface area contributed by atoms with Crippen molar-refractivity contribution in [3.63, 3.8) is 0 Å². The molecule has 3 rings (SSSR count). The van der Waals surface area contributed by atoms with E-state index in [4.69, 9.17) is 42.1 Å². The number of carbonyl (C=O) groups excluding carboxylic acids is 3. The van der Waals surface area contributed by atoms with Gasteiger partial charge in [-0.2, -0.15) is 10.1 Å². The van der Waals surface area contributed by atoms with Crippen LogP contribution >= 0.6 is 23.2 Å². The van der Waals surface area contributed by atoms with Gasteiger partial charge >= 0.3 is 17.9 Å². The molecule has 33 heavy (non-hydrogen) atoms. The number of aromatic nitrogens is 4. The van der Waals surface area contributed by atoms with Crippen LogP contribution in [0.25, 0.3) is 11.0 Å². The molecule has 2 aromatic heterocycles. The Morgan fingerprint density at radius 1 is 1.03 bits per heavy atom. The summed E-state index contributed by atoms with van der Waals surface area (Å²) in [5.41, 5.74) is 0.293. The van der Waals surface area contributed by atoms with Crippen LogP contribution in [0.5, 0.6) is 0 Å². The molecule has 0 saturated carbocycles. The first-order valence-electron chi connectivity index (χ1n) is 10.4. The number of halogens is 2. The second-order valence-corrected chi connectivity index (χ2v) is 8.02. The summed E-state index contributed by atoms with van der Waals surface area (Å²) in [6.45, 7) is 4.93. The number of rotatable bonds is 9. The van der Waals surface area contributed by atoms with Crippen LogP contribution in [0.2, 0.25) is 10.4 Å². The van der Waals surface area contributed by atoms with Crippen molar-refractivity contribution in [2.75, 3.05) is 19.8 Å². The van der Waals surface area contributed by atoms with Crippen molar-refractivity contribution in [3.05, 3.63) is 16.6 Å². The molecule has 1 aliphatic rings. The van der Waals surface area contributed by atoms with Gasteiger partial charge in [-0.3, -0.25) is 14.4 Å². The van der Waals surface area contributed by atoms with Gasteiger partial charge in [-0.1, -0.05) is 11.6 Å². The Morgan fingerprint density at radius 3 is 2.27 bits per heavy atom. The molecule has 0 N–H and O–H groups in total. The Bertz CT molecular complexity index is 1030. The van der Waals surface area contributed by atoms with E-state index in [2.05, 4.69) is 15.1 Å². The highest BCUT2D eigenvalue weighted by atomic mass is 35.5. The second-order valence-electron chi connectivity index (χ2n) is 7.32. The SMILES string of the molecule is CCOC(=O)C[C@@H]1[C@@H](CC(=O)OCC)[C@H](n2ncc3c(Cl)nc(Cl)nc32)O[C@H]1COC(C)=O. The maximum atomic E-state index is 12.4. The Morgan fingerprint density at radius 2 is 1.67 bits per heavy atom. The minimum atomic E-state index is -0.853. The Balaban J connectivity index is 2.03. The highest BCUT2D eigenvalue weighted by Crippen LogP contribution is 2.44. The van der Waals surface area contributed by atoms with Crippen LogP contribution in [0, 0.1) is 11.8 Å². The van der Waals surface area contributed by atoms with Gasteiger partial charge < -0.3 is 18.9 Å². The molecule has 0 bridgehead atoms. The van der Waals surface area contributed by atoms with E-state index in [9.17, 15) is 14.4 Å². The standard InChI is InChI=1S/C20H24Cl2N4O7/c1-4-30-15(28)6-11-12(7-16(29)31-5-2)19(33-14(11)9-32-10(3)27)26-18-13(8-23-26)17(21)24-20(22)25-18/h8,11-12,14,19H,4-7,9H2,1-3H3/t11-,12-,14+,19-/m1/s1. The average Bonchev–Trinajstić information content (AvgIpc) is 3.29. The molecule has 4 atom stereocenters. The minimum Gasteiger partial charge on any atom is -0.466 e. The predicted octanol–water partition coefficient (Wildman–Crippen LogP) is 2.73. The van der Waals surface area contributed by atoms with Crippen molar-refractivity contribution in [2.24, 2.45) is 11.8 Å². The first-order valence-corrected chi connectivity index (χ1v) is 11.2. The van der Waals surface area contributed by atoms with Crippen molar-refractivity contribution >= 4 is 52.1 Å². The van der Waals surface area contributed by atoms with E-state index in [0.717, 1.165) is 0 Å². The largest absolute Gasteiger partial charge is 0.466 e. The number of esters is 3. The number of fused-ring (bicyclic) bond motifs is 1. The summed E-state index contributed by atoms with van der Waals surface area (Å²) in [5, 5.41) is 4.79. The fourth-order valence-electron chi connectivity index (χ4n) is 3.88. The molecule has 1 aliphatic heterocycles. The van der Waals surface area contributed by atoms with E-state index >= 15 is 0 Å². The number of ether oxygens (including phenoxy) is 4. The smallest absolute Gasteiger partial charge is 0.306 e. The summed E-state index contributed by atoms with van der Waals surface area (Å²) in [7, 11) is 0. The third-order valence-electron chi connectivity index (χ3n) is 5.20. The van der Waals surface area contributed by atoms with Gasteiger partial charge in [-0.05, 0) is 25.4 Å². The molecular weight excluding hydrogens is 479 g/mol. The van der Waals surface area contributed by atoms with Gasteiger partial charge in [0, 0.05) is 18.8 Å². The summed E-state index contributed by atoms with van der Waals surface area (Å²) in [6.07, 6.45) is -0.245. The molecule has 13 heteroatoms. The molecule has 0 aromatic carbocycles. The normalized spacial score (nSPS) is 22.3. The van der Waals surface area contributed by atoms with Crippen LogP contribution in [-0.2, 0) is 33.3 Å². The van der Waals surface area contributed by atoms with E-state index in [-0.39, 0.29) is 43.1 Å². The lowest BCUT2D eigenvalue weighted by Gasteiger charge is -2.23. The molecule has 11 nitrogen and oxygen atoms in total. The third-order valence-corrected chi connectivity index (χ3v) is 5.65. The summed E-state index contributed by atoms with van der Waals surface area (Å²) in [6, 6.07) is 0. The lowest BCUT2D eigenvalue weighted by molar-refractivity contribution is -0.149. The van der Waals surface area contributed by atoms with Crippen LogP contribution in [0.15, 0.2) is 6.20 Å². The third kappa shape index (κ3) is 5.90. The molecule has 180 valence electrons. The maximum absolute atomic E-state index is 12.4. The van der Waals surface area contributed by atoms with Crippen molar-refractivity contribution in [3.8, 4) is 0 Å². The molecule has 0 aliphatic carbocycles. The molecule has 0 amide bonds. The molecule has 2 aromatic rings. The van der Waals surface area contributed by atoms with Crippen LogP contribution < -0.4 is 0 Å². The van der Waals surface area contributed by atoms with Crippen LogP contribution in [-0.4, -0.2) is 63.6 Å². The van der Waals surface area contributed by atoms with Gasteiger partial charge in [0.05, 0.1) is 43.7 Å². The maximum Gasteiger partial charge on any atom is 0.306 e. The average molecular weight is 503 g/mol. The number of hydrogen-bond acceptors (Lipinski definition) is 10. The van der Waals surface area contributed by atoms with Gasteiger partial charge in [0.15, 0.2) is 11.9 Å². The monoisotopic (exact) mass is 502 g/mol. The lowest BCUT2D eigenvalue weighted by Crippen LogP contribution is -2.30. The quantitative estimate of drug-likeness (QED) is 0.218. The van der Waals surface area contributed by atoms with E-state index in [1.165, 1.54) is 17.8 Å². The lowest BCUT2D eigenvalue weighted by atomic mass is 9.84. The molecule has 0 radical (unpaired) electrons. The van der Waals surface area contributed by atoms with Crippen LogP contribution in [0.1, 0.15) is 39.8 Å². The van der Waals surface area contributed by atoms with Crippen molar-refractivity contribution < 1.29 is 33.3 Å². The van der Waals surface area contributed by atoms with Gasteiger partial charge in [0.25, 0.3) is 0 Å². The van der Waals surface area contributed by atoms with E-state index in [1.807, 2.05) is 0 Å². The minimum absolute atomic E-state index is 0.0595. The summed E-state index contributed by atoms with van der Waals surface area (Å²) < 4.78 is 23.0. The zero-order valence-electron chi connectivity index (χ0n) is 18.3. The Labute approximate surface area is 199 Å². The molecule has 0 spiro atoms. The number of carbonyl (C=O) groups is 3. The second kappa shape index (κ2) is 11.1. The molecule has 0 unspecified atom stereocenters. The highest BCUT2D eigenvalue weighted by molar-refractivity contribution is 6.35. The predicted molar refractivity (Wildman–Crippen MR) is 115 cm³/mol. The zero-order chi connectivity index (χ0) is 24.1. The topological polar surface area (TPSA) is 132 Å². The van der Waals surface area contributed by atoms with Gasteiger partial charge in [0.2, 0.25) is 5.28 Å². The highest BCUT2D eigenvalue weighted by Gasteiger charge is 2.48. The molecule has 1 saturated heterocycles.